The van der Waals surface area contributed by atoms with Crippen molar-refractivity contribution in [2.45, 2.75) is 110 Å². The van der Waals surface area contributed by atoms with Crippen molar-refractivity contribution in [3.63, 3.8) is 0 Å². The molecule has 0 radical (unpaired) electrons. The molecular weight excluding hydrogens is 446 g/mol. The molecule has 206 valence electrons. The van der Waals surface area contributed by atoms with E-state index in [2.05, 4.69) is 69.3 Å². The fourth-order valence-corrected chi connectivity index (χ4v) is 4.14. The van der Waals surface area contributed by atoms with Gasteiger partial charge in [-0.3, -0.25) is 0 Å². The molecule has 0 amide bonds. The van der Waals surface area contributed by atoms with E-state index in [4.69, 9.17) is 14.6 Å². The van der Waals surface area contributed by atoms with Crippen molar-refractivity contribution < 1.29 is 14.6 Å². The molecule has 4 heteroatoms. The molecule has 0 aliphatic rings. The Labute approximate surface area is 222 Å². The van der Waals surface area contributed by atoms with Gasteiger partial charge >= 0.3 is 0 Å². The highest BCUT2D eigenvalue weighted by Gasteiger charge is 2.11. The highest BCUT2D eigenvalue weighted by atomic mass is 16.5. The van der Waals surface area contributed by atoms with E-state index >= 15 is 0 Å². The average Bonchev–Trinajstić information content (AvgIpc) is 2.85. The Hall–Kier alpha value is -1.78. The number of nitrogens with zero attached hydrogens (tertiary/aromatic N) is 1. The molecule has 0 bridgehead atoms. The Morgan fingerprint density at radius 2 is 1.25 bits per heavy atom. The first-order chi connectivity index (χ1) is 17.6. The molecular formula is C32H55NO3. The molecule has 1 N–H and O–H groups in total. The van der Waals surface area contributed by atoms with Crippen LogP contribution in [-0.4, -0.2) is 43.9 Å². The second-order valence-electron chi connectivity index (χ2n) is 10.2. The van der Waals surface area contributed by atoms with Gasteiger partial charge in [0.1, 0.15) is 11.5 Å². The standard InChI is InChI=1S/C32H55NO3/c1-5-6-7-8-9-10-11-12-13-14-15-16-17-18-19-21-24-35-31-26-30(28-33(3)4)27-32(29(31)2)36-25-22-20-23-34/h9-10,12-13,26-27,34H,5-8,11,14-25,28H2,1-4H3. The molecule has 0 fully saturated rings. The number of benzene rings is 1. The molecule has 36 heavy (non-hydrogen) atoms. The molecule has 0 spiro atoms. The van der Waals surface area contributed by atoms with Gasteiger partial charge in [0, 0.05) is 18.7 Å². The molecule has 0 heterocycles. The minimum atomic E-state index is 0.214. The van der Waals surface area contributed by atoms with Gasteiger partial charge in [0.25, 0.3) is 0 Å². The Bertz CT molecular complexity index is 712. The van der Waals surface area contributed by atoms with E-state index in [1.165, 1.54) is 69.8 Å². The fourth-order valence-electron chi connectivity index (χ4n) is 4.14. The van der Waals surface area contributed by atoms with E-state index in [9.17, 15) is 0 Å². The maximum absolute atomic E-state index is 8.99. The predicted octanol–water partition coefficient (Wildman–Crippen LogP) is 8.40. The Morgan fingerprint density at radius 1 is 0.722 bits per heavy atom. The number of ether oxygens (including phenoxy) is 2. The monoisotopic (exact) mass is 501 g/mol. The lowest BCUT2D eigenvalue weighted by atomic mass is 10.1. The highest BCUT2D eigenvalue weighted by molar-refractivity contribution is 5.47. The van der Waals surface area contributed by atoms with Crippen LogP contribution >= 0.6 is 0 Å². The number of unbranched alkanes of at least 4 members (excludes halogenated alkanes) is 10. The summed E-state index contributed by atoms with van der Waals surface area (Å²) in [5.74, 6) is 1.84. The predicted molar refractivity (Wildman–Crippen MR) is 155 cm³/mol. The molecule has 4 nitrogen and oxygen atoms in total. The molecule has 0 atom stereocenters. The SMILES string of the molecule is CCCCCC=CCC=CCCCCCCCCOc1cc(CN(C)C)cc(OCCCCO)c1C. The lowest BCUT2D eigenvalue weighted by Crippen LogP contribution is -2.12. The largest absolute Gasteiger partial charge is 0.493 e. The van der Waals surface area contributed by atoms with Crippen LogP contribution < -0.4 is 9.47 Å². The van der Waals surface area contributed by atoms with Crippen molar-refractivity contribution in [1.29, 1.82) is 0 Å². The number of hydrogen-bond acceptors (Lipinski definition) is 4. The second-order valence-corrected chi connectivity index (χ2v) is 10.2. The third-order valence-electron chi connectivity index (χ3n) is 6.28. The van der Waals surface area contributed by atoms with E-state index in [1.807, 2.05) is 0 Å². The molecule has 1 aromatic carbocycles. The normalized spacial score (nSPS) is 11.8. The van der Waals surface area contributed by atoms with Crippen molar-refractivity contribution in [1.82, 2.24) is 4.90 Å². The van der Waals surface area contributed by atoms with Gasteiger partial charge in [0.05, 0.1) is 13.2 Å². The first-order valence-electron chi connectivity index (χ1n) is 14.5. The van der Waals surface area contributed by atoms with Crippen molar-refractivity contribution in [3.8, 4) is 11.5 Å². The lowest BCUT2D eigenvalue weighted by Gasteiger charge is -2.18. The van der Waals surface area contributed by atoms with Crippen molar-refractivity contribution >= 4 is 0 Å². The first-order valence-corrected chi connectivity index (χ1v) is 14.5. The van der Waals surface area contributed by atoms with Crippen molar-refractivity contribution in [2.75, 3.05) is 33.9 Å². The molecule has 0 aromatic heterocycles. The number of hydrogen-bond donors (Lipinski definition) is 1. The number of allylic oxidation sites excluding steroid dienone is 4. The molecule has 0 aliphatic carbocycles. The minimum Gasteiger partial charge on any atom is -0.493 e. The first kappa shape index (κ1) is 32.2. The average molecular weight is 502 g/mol. The molecule has 1 rings (SSSR count). The zero-order valence-electron chi connectivity index (χ0n) is 23.9. The Balaban J connectivity index is 2.22. The number of aliphatic hydroxyl groups is 1. The maximum atomic E-state index is 8.99. The number of aliphatic hydroxyl groups excluding tert-OH is 1. The van der Waals surface area contributed by atoms with Crippen LogP contribution in [0.15, 0.2) is 36.4 Å². The summed E-state index contributed by atoms with van der Waals surface area (Å²) in [6.45, 7) is 6.78. The van der Waals surface area contributed by atoms with E-state index in [0.29, 0.717) is 6.61 Å². The lowest BCUT2D eigenvalue weighted by molar-refractivity contribution is 0.250. The molecule has 1 aromatic rings. The van der Waals surface area contributed by atoms with Gasteiger partial charge in [-0.2, -0.15) is 0 Å². The third-order valence-corrected chi connectivity index (χ3v) is 6.28. The van der Waals surface area contributed by atoms with Crippen molar-refractivity contribution in [2.24, 2.45) is 0 Å². The van der Waals surface area contributed by atoms with Gasteiger partial charge in [-0.25, -0.2) is 0 Å². The van der Waals surface area contributed by atoms with Gasteiger partial charge in [0.15, 0.2) is 0 Å². The van der Waals surface area contributed by atoms with Crippen LogP contribution in [-0.2, 0) is 6.54 Å². The van der Waals surface area contributed by atoms with Crippen LogP contribution in [0.5, 0.6) is 11.5 Å². The quantitative estimate of drug-likeness (QED) is 0.121. The van der Waals surface area contributed by atoms with Crippen LogP contribution in [0, 0.1) is 6.92 Å². The van der Waals surface area contributed by atoms with E-state index < -0.39 is 0 Å². The Morgan fingerprint density at radius 3 is 1.81 bits per heavy atom. The van der Waals surface area contributed by atoms with Crippen LogP contribution in [0.1, 0.15) is 108 Å². The molecule has 0 aliphatic heterocycles. The van der Waals surface area contributed by atoms with Crippen LogP contribution in [0.25, 0.3) is 0 Å². The molecule has 0 unspecified atom stereocenters. The zero-order valence-corrected chi connectivity index (χ0v) is 23.9. The van der Waals surface area contributed by atoms with E-state index in [0.717, 1.165) is 55.9 Å². The summed E-state index contributed by atoms with van der Waals surface area (Å²) in [5, 5.41) is 8.99. The smallest absolute Gasteiger partial charge is 0.126 e. The van der Waals surface area contributed by atoms with Gasteiger partial charge in [-0.1, -0.05) is 69.8 Å². The number of rotatable bonds is 23. The minimum absolute atomic E-state index is 0.214. The van der Waals surface area contributed by atoms with E-state index in [-0.39, 0.29) is 6.61 Å². The summed E-state index contributed by atoms with van der Waals surface area (Å²) in [5.41, 5.74) is 2.27. The van der Waals surface area contributed by atoms with E-state index in [1.54, 1.807) is 0 Å². The summed E-state index contributed by atoms with van der Waals surface area (Å²) in [7, 11) is 4.15. The zero-order chi connectivity index (χ0) is 26.3. The van der Waals surface area contributed by atoms with Crippen molar-refractivity contribution in [3.05, 3.63) is 47.6 Å². The van der Waals surface area contributed by atoms with Gasteiger partial charge < -0.3 is 19.5 Å². The topological polar surface area (TPSA) is 41.9 Å². The third kappa shape index (κ3) is 16.8. The van der Waals surface area contributed by atoms with Gasteiger partial charge in [0.2, 0.25) is 0 Å². The van der Waals surface area contributed by atoms with Crippen LogP contribution in [0.4, 0.5) is 0 Å². The highest BCUT2D eigenvalue weighted by Crippen LogP contribution is 2.31. The maximum Gasteiger partial charge on any atom is 0.126 e. The summed E-state index contributed by atoms with van der Waals surface area (Å²) >= 11 is 0. The summed E-state index contributed by atoms with van der Waals surface area (Å²) in [4.78, 5) is 2.16. The van der Waals surface area contributed by atoms with Crippen LogP contribution in [0.2, 0.25) is 0 Å². The van der Waals surface area contributed by atoms with Crippen LogP contribution in [0.3, 0.4) is 0 Å². The molecule has 0 saturated heterocycles. The summed E-state index contributed by atoms with van der Waals surface area (Å²) < 4.78 is 12.2. The van der Waals surface area contributed by atoms with Gasteiger partial charge in [-0.15, -0.1) is 0 Å². The summed E-state index contributed by atoms with van der Waals surface area (Å²) in [6.07, 6.45) is 26.0. The summed E-state index contributed by atoms with van der Waals surface area (Å²) in [6, 6.07) is 4.29. The molecule has 0 saturated carbocycles. The van der Waals surface area contributed by atoms with Gasteiger partial charge in [-0.05, 0) is 90.1 Å². The fraction of sp³-hybridized carbons (Fsp3) is 0.688. The Kier molecular flexibility index (Phi) is 20.1. The second kappa shape index (κ2) is 22.4.